The summed E-state index contributed by atoms with van der Waals surface area (Å²) in [7, 11) is -1.48. The van der Waals surface area contributed by atoms with Gasteiger partial charge < -0.3 is 14.7 Å². The van der Waals surface area contributed by atoms with Crippen LogP contribution in [0.5, 0.6) is 0 Å². The topological polar surface area (TPSA) is 9.72 Å². The van der Waals surface area contributed by atoms with Crippen molar-refractivity contribution in [2.45, 2.75) is 70.1 Å². The number of anilines is 9. The summed E-state index contributed by atoms with van der Waals surface area (Å²) in [6.07, 6.45) is 30.3. The maximum absolute atomic E-state index is 2.89. The van der Waals surface area contributed by atoms with Crippen molar-refractivity contribution in [3.63, 3.8) is 0 Å². The molecule has 2 atom stereocenters. The predicted molar refractivity (Wildman–Crippen MR) is 576 cm³/mol. The van der Waals surface area contributed by atoms with E-state index >= 15 is 0 Å². The summed E-state index contributed by atoms with van der Waals surface area (Å²) in [5, 5.41) is 17.6. The zero-order valence-corrected chi connectivity index (χ0v) is 75.3. The fourth-order valence-corrected chi connectivity index (χ4v) is 25.9. The van der Waals surface area contributed by atoms with Crippen LogP contribution >= 0.6 is 9.21 Å². The molecule has 0 N–H and O–H groups in total. The predicted octanol–water partition coefficient (Wildman–Crippen LogP) is 33.1. The summed E-state index contributed by atoms with van der Waals surface area (Å²) < 4.78 is 0. The maximum atomic E-state index is 2.89. The summed E-state index contributed by atoms with van der Waals surface area (Å²) in [6, 6.07) is 149. The van der Waals surface area contributed by atoms with Gasteiger partial charge >= 0.3 is 0 Å². The molecule has 3 aliphatic carbocycles. The highest BCUT2D eigenvalue weighted by atomic mass is 32.2. The molecule has 2 unspecified atom stereocenters. The van der Waals surface area contributed by atoms with Gasteiger partial charge in [0.1, 0.15) is 0 Å². The lowest BCUT2D eigenvalue weighted by molar-refractivity contribution is 0.589. The van der Waals surface area contributed by atoms with Crippen molar-refractivity contribution in [2.75, 3.05) is 20.5 Å². The average Bonchev–Trinajstić information content (AvgIpc) is 0.682. The van der Waals surface area contributed by atoms with Crippen molar-refractivity contribution >= 4 is 154 Å². The molecule has 0 amide bonds. The first-order valence-electron chi connectivity index (χ1n) is 47.7. The molecule has 4 heterocycles. The van der Waals surface area contributed by atoms with Crippen LogP contribution in [0.2, 0.25) is 0 Å². The van der Waals surface area contributed by atoms with E-state index in [9.17, 15) is 0 Å². The molecule has 4 aliphatic heterocycles. The molecule has 7 aliphatic rings. The van der Waals surface area contributed by atoms with Crippen molar-refractivity contribution in [3.8, 4) is 66.8 Å². The smallest absolute Gasteiger partial charge is 0.252 e. The van der Waals surface area contributed by atoms with E-state index in [4.69, 9.17) is 0 Å². The monoisotopic (exact) mass is 1720 g/mol. The first kappa shape index (κ1) is 79.9. The lowest BCUT2D eigenvalue weighted by Gasteiger charge is -2.47. The fourth-order valence-electron chi connectivity index (χ4n) is 23.3. The Morgan fingerprint density at radius 1 is 0.316 bits per heavy atom. The molecule has 1 spiro atoms. The number of nitrogens with zero attached hydrogens (tertiary/aromatic N) is 3. The molecule has 0 radical (unpaired) electrons. The molecule has 0 fully saturated rings. The molecular weight excluding hydrogens is 1620 g/mol. The number of hydrogen-bond acceptors (Lipinski definition) is 3. The summed E-state index contributed by atoms with van der Waals surface area (Å²) in [4.78, 5) is 8.27. The number of fused-ring (bicyclic) bond motifs is 8. The van der Waals surface area contributed by atoms with Gasteiger partial charge in [-0.3, -0.25) is 0 Å². The average molecular weight is 1720 g/mol. The molecule has 3 nitrogen and oxygen atoms in total. The summed E-state index contributed by atoms with van der Waals surface area (Å²) in [5.41, 5.74) is 40.1. The second-order valence-corrected chi connectivity index (χ2v) is 39.8. The van der Waals surface area contributed by atoms with E-state index in [0.717, 1.165) is 119 Å². The molecule has 0 saturated carbocycles. The van der Waals surface area contributed by atoms with Crippen LogP contribution in [0.15, 0.2) is 453 Å². The number of benzene rings is 18. The second-order valence-electron chi connectivity index (χ2n) is 36.8. The van der Waals surface area contributed by atoms with Crippen molar-refractivity contribution in [3.05, 3.63) is 476 Å². The molecule has 0 aromatic heterocycles. The van der Waals surface area contributed by atoms with E-state index in [2.05, 4.69) is 468 Å². The van der Waals surface area contributed by atoms with Gasteiger partial charge in [-0.05, 0) is 306 Å². The summed E-state index contributed by atoms with van der Waals surface area (Å²) in [5.74, 6) is 1.26. The Morgan fingerprint density at radius 2 is 0.797 bits per heavy atom. The lowest BCUT2D eigenvalue weighted by Crippen LogP contribution is -2.61. The quantitative estimate of drug-likeness (QED) is 0.0542. The highest BCUT2D eigenvalue weighted by Gasteiger charge is 2.47. The molecule has 18 aromatic rings. The largest absolute Gasteiger partial charge is 0.310 e. The van der Waals surface area contributed by atoms with Gasteiger partial charge in [0.15, 0.2) is 0 Å². The van der Waals surface area contributed by atoms with Gasteiger partial charge in [-0.1, -0.05) is 382 Å². The number of allylic oxidation sites excluding steroid dienone is 13. The van der Waals surface area contributed by atoms with Gasteiger partial charge in [-0.2, -0.15) is 9.21 Å². The van der Waals surface area contributed by atoms with E-state index in [0.29, 0.717) is 0 Å². The Balaban J connectivity index is 0.858. The minimum Gasteiger partial charge on any atom is -0.310 e. The van der Waals surface area contributed by atoms with Crippen LogP contribution < -0.4 is 31.1 Å². The molecule has 5 heteroatoms. The van der Waals surface area contributed by atoms with Crippen LogP contribution in [-0.4, -0.2) is 23.2 Å². The van der Waals surface area contributed by atoms with Gasteiger partial charge in [0, 0.05) is 50.8 Å². The lowest BCUT2D eigenvalue weighted by atomic mass is 9.33. The fraction of sp³-hybridized carbons (Fsp3) is 0.0938. The minimum absolute atomic E-state index is 0.180. The Morgan fingerprint density at radius 3 is 1.35 bits per heavy atom. The molecule has 634 valence electrons. The Bertz CT molecular complexity index is 7970. The van der Waals surface area contributed by atoms with Crippen molar-refractivity contribution in [2.24, 2.45) is 0 Å². The van der Waals surface area contributed by atoms with Crippen molar-refractivity contribution in [1.29, 1.82) is 0 Å². The van der Waals surface area contributed by atoms with Gasteiger partial charge in [-0.25, -0.2) is 0 Å². The summed E-state index contributed by atoms with van der Waals surface area (Å²) in [6.45, 7) is -0.333. The van der Waals surface area contributed by atoms with Gasteiger partial charge in [0.25, 0.3) is 6.71 Å². The molecule has 18 aromatic carbocycles. The Kier molecular flexibility index (Phi) is 20.4. The van der Waals surface area contributed by atoms with Gasteiger partial charge in [0.05, 0.1) is 17.1 Å². The molecule has 0 bridgehead atoms. The van der Waals surface area contributed by atoms with Crippen LogP contribution in [0.3, 0.4) is 0 Å². The molecular formula is C128H98BN3S. The van der Waals surface area contributed by atoms with Crippen LogP contribution in [0, 0.1) is 0 Å². The van der Waals surface area contributed by atoms with Crippen LogP contribution in [0.4, 0.5) is 51.2 Å². The van der Waals surface area contributed by atoms with Crippen LogP contribution in [0.25, 0.3) is 127 Å². The third kappa shape index (κ3) is 14.0. The van der Waals surface area contributed by atoms with Gasteiger partial charge in [0.2, 0.25) is 0 Å². The Hall–Kier alpha value is -15.3. The number of hydrogen-bond donors (Lipinski definition) is 0. The van der Waals surface area contributed by atoms with Crippen LogP contribution in [-0.2, 0) is 0 Å². The third-order valence-corrected chi connectivity index (χ3v) is 32.2. The zero-order valence-electron chi connectivity index (χ0n) is 74.5. The highest BCUT2D eigenvalue weighted by Crippen LogP contribution is 2.58. The van der Waals surface area contributed by atoms with E-state index in [1.54, 1.807) is 5.57 Å². The molecule has 133 heavy (non-hydrogen) atoms. The number of rotatable bonds is 16. The zero-order chi connectivity index (χ0) is 87.9. The molecule has 25 rings (SSSR count). The first-order chi connectivity index (χ1) is 66.0. The number of para-hydroxylation sites is 4. The molecule has 0 saturated heterocycles. The van der Waals surface area contributed by atoms with Crippen molar-refractivity contribution in [1.82, 2.24) is 0 Å². The van der Waals surface area contributed by atoms with Crippen molar-refractivity contribution < 1.29 is 0 Å². The first-order valence-corrected chi connectivity index (χ1v) is 49.7. The van der Waals surface area contributed by atoms with E-state index in [-0.39, 0.29) is 12.6 Å². The van der Waals surface area contributed by atoms with Gasteiger partial charge in [-0.15, -0.1) is 0 Å². The third-order valence-electron chi connectivity index (χ3n) is 29.2. The summed E-state index contributed by atoms with van der Waals surface area (Å²) >= 11 is 0. The van der Waals surface area contributed by atoms with Crippen LogP contribution in [0.1, 0.15) is 92.4 Å². The highest BCUT2D eigenvalue weighted by molar-refractivity contribution is 8.32. The van der Waals surface area contributed by atoms with E-state index < -0.39 is 9.21 Å². The standard InChI is InChI=1S/C128H98BN3S/c1-9-39-87(40-10-1)92-49-33-52-95(79-92)104-68-36-69-105(96-53-34-50-93(80-96)88-41-11-2-12-42-88)127(104)131-118-82-98(124-112-64-27-23-60-108(112)122(90-45-15-4-16-46-90)109-61-24-28-65-113(109)124)72-74-116(118)129-117-75-73-99(125-114-66-29-25-62-110(114)123(91-47-17-5-18-48-91)111-63-26-30-67-115(111)125)83-119(117)132(121-85-103(84-120(131)126(121)129)130(101-56-19-6-20-57-101)102-58-21-7-22-59-102)128-106(97-54-35-51-94(81-97)89-43-13-3-14-44-89)70-37-71-107(128)100-55-38-78-133(86-100)76-31-8-32-77-133/h1-2,4-12,15-31,33,36-43,45-52,55-76,78-80,82-86,97H,3,13-14,32,34-35,44,53-54,77,81H2. The van der Waals surface area contributed by atoms with E-state index in [1.165, 1.54) is 173 Å². The SMILES string of the molecule is C1=CCCS2(=C1)=CC(c1cccc(C3CCC=C(C4=CCCCC4)C3)c1N1c3cc(-c4c5ccccc5c(-c5ccccc5)c5ccccc45)ccc3B3c4ccc(-c5c6ccccc6c(-c6ccccc6)c6ccccc56)cc4N(c4c(C5=CC(c6ccccc6)=CCC5)cccc4-c4cccc(-c5ccccc5)c4)c4cc(N(c5ccccc5)c5ccccc5)cc1c43)=CC=C2. The maximum Gasteiger partial charge on any atom is 0.252 e. The minimum atomic E-state index is -1.48. The van der Waals surface area contributed by atoms with E-state index in [1.807, 2.05) is 0 Å². The second kappa shape index (κ2) is 33.9. The Labute approximate surface area is 781 Å². The normalized spacial score (nSPS) is 16.6.